The Morgan fingerprint density at radius 1 is 1.28 bits per heavy atom. The number of carbonyl (C=O) groups excluding carboxylic acids is 2. The number of Topliss-reactive ketones (excluding diaryl/α,β-unsaturated/α-hetero) is 1. The average molecular weight is 272 g/mol. The molecule has 3 nitrogen and oxygen atoms in total. The number of thioether (sulfide) groups is 1. The molecule has 0 N–H and O–H groups in total. The van der Waals surface area contributed by atoms with E-state index in [0.717, 1.165) is 0 Å². The first-order valence-electron chi connectivity index (χ1n) is 6.87. The predicted molar refractivity (Wildman–Crippen MR) is 74.7 cm³/mol. The third-order valence-corrected chi connectivity index (χ3v) is 4.71. The van der Waals surface area contributed by atoms with Gasteiger partial charge in [-0.15, -0.1) is 0 Å². The van der Waals surface area contributed by atoms with Gasteiger partial charge in [-0.25, -0.2) is 0 Å². The van der Waals surface area contributed by atoms with Crippen LogP contribution in [0.2, 0.25) is 0 Å². The fourth-order valence-electron chi connectivity index (χ4n) is 2.35. The molecule has 1 aliphatic rings. The Labute approximate surface area is 114 Å². The molecule has 4 heteroatoms. The molecule has 0 spiro atoms. The molecular formula is C14H24O3S. The maximum atomic E-state index is 12.1. The van der Waals surface area contributed by atoms with Crippen LogP contribution in [0.3, 0.4) is 0 Å². The molecule has 18 heavy (non-hydrogen) atoms. The Kier molecular flexibility index (Phi) is 6.76. The number of hydrogen-bond donors (Lipinski definition) is 0. The summed E-state index contributed by atoms with van der Waals surface area (Å²) in [5.41, 5.74) is 0. The SMILES string of the molecule is CCOC(=O)C(C(=O)CSC1CCCC1)C(C)C. The molecule has 1 rings (SSSR count). The molecule has 1 unspecified atom stereocenters. The first-order valence-corrected chi connectivity index (χ1v) is 7.92. The van der Waals surface area contributed by atoms with Crippen molar-refractivity contribution in [2.24, 2.45) is 11.8 Å². The van der Waals surface area contributed by atoms with Gasteiger partial charge < -0.3 is 4.74 Å². The molecule has 0 amide bonds. The second-order valence-electron chi connectivity index (χ2n) is 5.16. The second kappa shape index (κ2) is 7.82. The van der Waals surface area contributed by atoms with Crippen LogP contribution in [0.4, 0.5) is 0 Å². The summed E-state index contributed by atoms with van der Waals surface area (Å²) in [6.07, 6.45) is 4.97. The topological polar surface area (TPSA) is 43.4 Å². The van der Waals surface area contributed by atoms with E-state index in [9.17, 15) is 9.59 Å². The van der Waals surface area contributed by atoms with Gasteiger partial charge in [-0.1, -0.05) is 26.7 Å². The average Bonchev–Trinajstić information content (AvgIpc) is 2.79. The Hall–Kier alpha value is -0.510. The molecule has 1 atom stereocenters. The number of esters is 1. The van der Waals surface area contributed by atoms with E-state index < -0.39 is 5.92 Å². The summed E-state index contributed by atoms with van der Waals surface area (Å²) in [6.45, 7) is 5.91. The molecule has 0 heterocycles. The van der Waals surface area contributed by atoms with Crippen molar-refractivity contribution in [1.82, 2.24) is 0 Å². The summed E-state index contributed by atoms with van der Waals surface area (Å²) in [4.78, 5) is 23.9. The molecule has 0 aromatic heterocycles. The number of hydrogen-bond acceptors (Lipinski definition) is 4. The van der Waals surface area contributed by atoms with Gasteiger partial charge in [0.25, 0.3) is 0 Å². The van der Waals surface area contributed by atoms with Crippen molar-refractivity contribution >= 4 is 23.5 Å². The lowest BCUT2D eigenvalue weighted by Crippen LogP contribution is -2.32. The van der Waals surface area contributed by atoms with E-state index >= 15 is 0 Å². The van der Waals surface area contributed by atoms with E-state index in [-0.39, 0.29) is 17.7 Å². The molecule has 1 saturated carbocycles. The number of ketones is 1. The van der Waals surface area contributed by atoms with Gasteiger partial charge in [0, 0.05) is 5.25 Å². The second-order valence-corrected chi connectivity index (χ2v) is 6.45. The first kappa shape index (κ1) is 15.5. The van der Waals surface area contributed by atoms with Crippen molar-refractivity contribution in [3.05, 3.63) is 0 Å². The van der Waals surface area contributed by atoms with E-state index in [2.05, 4.69) is 0 Å². The summed E-state index contributed by atoms with van der Waals surface area (Å²) >= 11 is 1.72. The summed E-state index contributed by atoms with van der Waals surface area (Å²) in [7, 11) is 0. The quantitative estimate of drug-likeness (QED) is 0.528. The van der Waals surface area contributed by atoms with Gasteiger partial charge in [0.2, 0.25) is 0 Å². The van der Waals surface area contributed by atoms with Crippen molar-refractivity contribution < 1.29 is 14.3 Å². The van der Waals surface area contributed by atoms with Gasteiger partial charge in [-0.3, -0.25) is 9.59 Å². The molecule has 0 aromatic rings. The van der Waals surface area contributed by atoms with Crippen LogP contribution in [0.1, 0.15) is 46.5 Å². The smallest absolute Gasteiger partial charge is 0.316 e. The van der Waals surface area contributed by atoms with Crippen LogP contribution in [-0.4, -0.2) is 29.4 Å². The maximum Gasteiger partial charge on any atom is 0.316 e. The summed E-state index contributed by atoms with van der Waals surface area (Å²) < 4.78 is 4.99. The van der Waals surface area contributed by atoms with E-state index in [4.69, 9.17) is 4.74 Å². The minimum absolute atomic E-state index is 0.0146. The number of carbonyl (C=O) groups is 2. The van der Waals surface area contributed by atoms with Crippen LogP contribution in [-0.2, 0) is 14.3 Å². The molecule has 1 fully saturated rings. The Bertz CT molecular complexity index is 283. The fraction of sp³-hybridized carbons (Fsp3) is 0.857. The first-order chi connectivity index (χ1) is 8.56. The van der Waals surface area contributed by atoms with Gasteiger partial charge in [0.05, 0.1) is 12.4 Å². The normalized spacial score (nSPS) is 18.0. The van der Waals surface area contributed by atoms with Crippen molar-refractivity contribution in [3.63, 3.8) is 0 Å². The highest BCUT2D eigenvalue weighted by molar-refractivity contribution is 8.00. The number of ether oxygens (including phenoxy) is 1. The maximum absolute atomic E-state index is 12.1. The molecule has 0 aromatic carbocycles. The largest absolute Gasteiger partial charge is 0.465 e. The van der Waals surface area contributed by atoms with Gasteiger partial charge in [-0.2, -0.15) is 11.8 Å². The van der Waals surface area contributed by atoms with Crippen molar-refractivity contribution in [1.29, 1.82) is 0 Å². The molecule has 1 aliphatic carbocycles. The summed E-state index contributed by atoms with van der Waals surface area (Å²) in [6, 6.07) is 0. The Morgan fingerprint density at radius 3 is 2.39 bits per heavy atom. The summed E-state index contributed by atoms with van der Waals surface area (Å²) in [5.74, 6) is -0.448. The van der Waals surface area contributed by atoms with Crippen molar-refractivity contribution in [2.45, 2.75) is 51.7 Å². The highest BCUT2D eigenvalue weighted by Crippen LogP contribution is 2.30. The molecule has 104 valence electrons. The third kappa shape index (κ3) is 4.63. The van der Waals surface area contributed by atoms with Crippen molar-refractivity contribution in [3.8, 4) is 0 Å². The lowest BCUT2D eigenvalue weighted by molar-refractivity contribution is -0.152. The Balaban J connectivity index is 2.45. The van der Waals surface area contributed by atoms with Crippen LogP contribution in [0.25, 0.3) is 0 Å². The number of rotatable bonds is 7. The van der Waals surface area contributed by atoms with Gasteiger partial charge >= 0.3 is 5.97 Å². The van der Waals surface area contributed by atoms with Crippen LogP contribution in [0.15, 0.2) is 0 Å². The zero-order valence-electron chi connectivity index (χ0n) is 11.6. The van der Waals surface area contributed by atoms with Crippen LogP contribution < -0.4 is 0 Å². The van der Waals surface area contributed by atoms with Gasteiger partial charge in [0.1, 0.15) is 5.92 Å². The van der Waals surface area contributed by atoms with E-state index in [1.54, 1.807) is 18.7 Å². The predicted octanol–water partition coefficient (Wildman–Crippen LogP) is 3.07. The Morgan fingerprint density at radius 2 is 1.89 bits per heavy atom. The van der Waals surface area contributed by atoms with E-state index in [1.165, 1.54) is 25.7 Å². The highest BCUT2D eigenvalue weighted by Gasteiger charge is 2.31. The monoisotopic (exact) mass is 272 g/mol. The fourth-order valence-corrected chi connectivity index (χ4v) is 3.60. The van der Waals surface area contributed by atoms with E-state index in [0.29, 0.717) is 17.6 Å². The molecule has 0 bridgehead atoms. The zero-order valence-corrected chi connectivity index (χ0v) is 12.4. The molecular weight excluding hydrogens is 248 g/mol. The standard InChI is InChI=1S/C14H24O3S/c1-4-17-14(16)13(10(2)3)12(15)9-18-11-7-5-6-8-11/h10-11,13H,4-9H2,1-3H3. The van der Waals surface area contributed by atoms with Gasteiger partial charge in [0.15, 0.2) is 5.78 Å². The van der Waals surface area contributed by atoms with Crippen molar-refractivity contribution in [2.75, 3.05) is 12.4 Å². The lowest BCUT2D eigenvalue weighted by atomic mass is 9.92. The lowest BCUT2D eigenvalue weighted by Gasteiger charge is -2.18. The summed E-state index contributed by atoms with van der Waals surface area (Å²) in [5, 5.41) is 0.615. The molecule has 0 aliphatic heterocycles. The minimum atomic E-state index is -0.584. The van der Waals surface area contributed by atoms with E-state index in [1.807, 2.05) is 13.8 Å². The highest BCUT2D eigenvalue weighted by atomic mass is 32.2. The molecule has 0 radical (unpaired) electrons. The van der Waals surface area contributed by atoms with Crippen LogP contribution in [0, 0.1) is 11.8 Å². The van der Waals surface area contributed by atoms with Crippen LogP contribution in [0.5, 0.6) is 0 Å². The molecule has 0 saturated heterocycles. The van der Waals surface area contributed by atoms with Crippen LogP contribution >= 0.6 is 11.8 Å². The zero-order chi connectivity index (χ0) is 13.5. The minimum Gasteiger partial charge on any atom is -0.465 e. The third-order valence-electron chi connectivity index (χ3n) is 3.32. The van der Waals surface area contributed by atoms with Gasteiger partial charge in [-0.05, 0) is 25.7 Å².